The van der Waals surface area contributed by atoms with Crippen molar-refractivity contribution in [2.24, 2.45) is 0 Å². The van der Waals surface area contributed by atoms with Crippen molar-refractivity contribution in [2.45, 2.75) is 13.5 Å². The summed E-state index contributed by atoms with van der Waals surface area (Å²) >= 11 is 0. The lowest BCUT2D eigenvalue weighted by Gasteiger charge is -2.07. The summed E-state index contributed by atoms with van der Waals surface area (Å²) in [6, 6.07) is 3.05. The monoisotopic (exact) mass is 267 g/mol. The zero-order valence-electron chi connectivity index (χ0n) is 10.9. The fourth-order valence-corrected chi connectivity index (χ4v) is 1.25. The van der Waals surface area contributed by atoms with Gasteiger partial charge in [-0.3, -0.25) is 4.79 Å². The van der Waals surface area contributed by atoms with E-state index in [0.29, 0.717) is 19.0 Å². The summed E-state index contributed by atoms with van der Waals surface area (Å²) in [5.74, 6) is 0.0410. The quantitative estimate of drug-likeness (QED) is 0.730. The molecular formula is C12H17N3O4. The number of esters is 1. The predicted molar refractivity (Wildman–Crippen MR) is 67.7 cm³/mol. The second-order valence-corrected chi connectivity index (χ2v) is 3.55. The molecule has 0 radical (unpaired) electrons. The second kappa shape index (κ2) is 7.91. The van der Waals surface area contributed by atoms with E-state index >= 15 is 0 Å². The van der Waals surface area contributed by atoms with Crippen LogP contribution < -0.4 is 15.4 Å². The molecule has 19 heavy (non-hydrogen) atoms. The van der Waals surface area contributed by atoms with Gasteiger partial charge in [0, 0.05) is 18.8 Å². The van der Waals surface area contributed by atoms with Gasteiger partial charge in [-0.05, 0) is 12.5 Å². The molecule has 1 aromatic rings. The minimum Gasteiger partial charge on any atom is -0.481 e. The number of rotatable bonds is 6. The number of ether oxygens (including phenoxy) is 2. The SMILES string of the molecule is CCOC(=O)CNC(=O)NCc1ccc(OC)nc1. The van der Waals surface area contributed by atoms with Gasteiger partial charge in [0.1, 0.15) is 6.54 Å². The molecule has 0 aliphatic rings. The summed E-state index contributed by atoms with van der Waals surface area (Å²) in [7, 11) is 1.53. The summed E-state index contributed by atoms with van der Waals surface area (Å²) in [5.41, 5.74) is 0.826. The maximum Gasteiger partial charge on any atom is 0.325 e. The molecule has 1 heterocycles. The average molecular weight is 267 g/mol. The first-order valence-electron chi connectivity index (χ1n) is 5.82. The van der Waals surface area contributed by atoms with Crippen LogP contribution in [0.25, 0.3) is 0 Å². The third kappa shape index (κ3) is 5.71. The molecule has 2 N–H and O–H groups in total. The van der Waals surface area contributed by atoms with E-state index in [1.807, 2.05) is 0 Å². The van der Waals surface area contributed by atoms with E-state index in [9.17, 15) is 9.59 Å². The lowest BCUT2D eigenvalue weighted by atomic mass is 10.3. The molecule has 1 aromatic heterocycles. The van der Waals surface area contributed by atoms with Crippen LogP contribution in [0.4, 0.5) is 4.79 Å². The average Bonchev–Trinajstić information content (AvgIpc) is 2.44. The standard InChI is InChI=1S/C12H17N3O4/c1-3-19-11(16)8-15-12(17)14-7-9-4-5-10(18-2)13-6-9/h4-6H,3,7-8H2,1-2H3,(H2,14,15,17). The number of hydrogen-bond donors (Lipinski definition) is 2. The highest BCUT2D eigenvalue weighted by Crippen LogP contribution is 2.05. The minimum atomic E-state index is -0.469. The molecule has 0 saturated carbocycles. The second-order valence-electron chi connectivity index (χ2n) is 3.55. The Labute approximate surface area is 111 Å². The number of aromatic nitrogens is 1. The third-order valence-corrected chi connectivity index (χ3v) is 2.16. The Morgan fingerprint density at radius 3 is 2.68 bits per heavy atom. The molecule has 0 aromatic carbocycles. The maximum atomic E-state index is 11.4. The third-order valence-electron chi connectivity index (χ3n) is 2.16. The molecule has 0 bridgehead atoms. The van der Waals surface area contributed by atoms with Crippen LogP contribution in [0.5, 0.6) is 5.88 Å². The lowest BCUT2D eigenvalue weighted by molar-refractivity contribution is -0.141. The van der Waals surface area contributed by atoms with Crippen molar-refractivity contribution in [1.82, 2.24) is 15.6 Å². The van der Waals surface area contributed by atoms with Crippen LogP contribution in [-0.2, 0) is 16.1 Å². The van der Waals surface area contributed by atoms with Gasteiger partial charge in [0.05, 0.1) is 13.7 Å². The molecule has 0 aliphatic carbocycles. The topological polar surface area (TPSA) is 89.5 Å². The van der Waals surface area contributed by atoms with Gasteiger partial charge in [-0.15, -0.1) is 0 Å². The van der Waals surface area contributed by atoms with Gasteiger partial charge in [-0.1, -0.05) is 6.07 Å². The predicted octanol–water partition coefficient (Wildman–Crippen LogP) is 0.452. The Hall–Kier alpha value is -2.31. The van der Waals surface area contributed by atoms with Crippen molar-refractivity contribution >= 4 is 12.0 Å². The highest BCUT2D eigenvalue weighted by molar-refractivity contribution is 5.80. The van der Waals surface area contributed by atoms with Crippen molar-refractivity contribution in [3.8, 4) is 5.88 Å². The molecule has 0 unspecified atom stereocenters. The number of carbonyl (C=O) groups is 2. The molecule has 0 saturated heterocycles. The molecule has 7 nitrogen and oxygen atoms in total. The number of pyridine rings is 1. The number of nitrogens with one attached hydrogen (secondary N) is 2. The summed E-state index contributed by atoms with van der Waals surface area (Å²) in [5, 5.41) is 4.99. The van der Waals surface area contributed by atoms with E-state index in [1.165, 1.54) is 7.11 Å². The van der Waals surface area contributed by atoms with Gasteiger partial charge in [0.15, 0.2) is 0 Å². The number of methoxy groups -OCH3 is 1. The van der Waals surface area contributed by atoms with Crippen molar-refractivity contribution in [2.75, 3.05) is 20.3 Å². The van der Waals surface area contributed by atoms with Crippen molar-refractivity contribution in [3.63, 3.8) is 0 Å². The number of amides is 2. The minimum absolute atomic E-state index is 0.152. The molecule has 7 heteroatoms. The van der Waals surface area contributed by atoms with E-state index in [1.54, 1.807) is 25.3 Å². The van der Waals surface area contributed by atoms with Crippen LogP contribution in [0.15, 0.2) is 18.3 Å². The number of urea groups is 1. The fraction of sp³-hybridized carbons (Fsp3) is 0.417. The van der Waals surface area contributed by atoms with E-state index < -0.39 is 12.0 Å². The number of carbonyl (C=O) groups excluding carboxylic acids is 2. The van der Waals surface area contributed by atoms with Crippen LogP contribution in [-0.4, -0.2) is 37.2 Å². The maximum absolute atomic E-state index is 11.4. The van der Waals surface area contributed by atoms with Crippen molar-refractivity contribution in [1.29, 1.82) is 0 Å². The molecule has 2 amide bonds. The first-order chi connectivity index (χ1) is 9.15. The normalized spacial score (nSPS) is 9.58. The summed E-state index contributed by atoms with van der Waals surface area (Å²) in [6.45, 7) is 2.15. The molecule has 1 rings (SSSR count). The van der Waals surface area contributed by atoms with E-state index in [0.717, 1.165) is 5.56 Å². The molecule has 0 atom stereocenters. The zero-order chi connectivity index (χ0) is 14.1. The van der Waals surface area contributed by atoms with Crippen LogP contribution in [0.2, 0.25) is 0 Å². The van der Waals surface area contributed by atoms with E-state index in [4.69, 9.17) is 4.74 Å². The van der Waals surface area contributed by atoms with Gasteiger partial charge in [0.25, 0.3) is 0 Å². The van der Waals surface area contributed by atoms with Crippen molar-refractivity contribution < 1.29 is 19.1 Å². The van der Waals surface area contributed by atoms with Crippen LogP contribution in [0.3, 0.4) is 0 Å². The lowest BCUT2D eigenvalue weighted by Crippen LogP contribution is -2.38. The smallest absolute Gasteiger partial charge is 0.325 e. The van der Waals surface area contributed by atoms with E-state index in [-0.39, 0.29) is 6.54 Å². The highest BCUT2D eigenvalue weighted by atomic mass is 16.5. The molecule has 0 spiro atoms. The van der Waals surface area contributed by atoms with Gasteiger partial charge < -0.3 is 20.1 Å². The summed E-state index contributed by atoms with van der Waals surface area (Å²) < 4.78 is 9.60. The Morgan fingerprint density at radius 2 is 2.11 bits per heavy atom. The van der Waals surface area contributed by atoms with Gasteiger partial charge in [0.2, 0.25) is 5.88 Å². The van der Waals surface area contributed by atoms with Crippen LogP contribution in [0, 0.1) is 0 Å². The van der Waals surface area contributed by atoms with Crippen molar-refractivity contribution in [3.05, 3.63) is 23.9 Å². The first-order valence-corrected chi connectivity index (χ1v) is 5.82. The molecular weight excluding hydrogens is 250 g/mol. The van der Waals surface area contributed by atoms with Gasteiger partial charge >= 0.3 is 12.0 Å². The Kier molecular flexibility index (Phi) is 6.14. The Balaban J connectivity index is 2.27. The van der Waals surface area contributed by atoms with Gasteiger partial charge in [-0.2, -0.15) is 0 Å². The van der Waals surface area contributed by atoms with Crippen LogP contribution in [0.1, 0.15) is 12.5 Å². The molecule has 0 fully saturated rings. The van der Waals surface area contributed by atoms with E-state index in [2.05, 4.69) is 20.4 Å². The molecule has 104 valence electrons. The summed E-state index contributed by atoms with van der Waals surface area (Å²) in [6.07, 6.45) is 1.60. The van der Waals surface area contributed by atoms with Gasteiger partial charge in [-0.25, -0.2) is 9.78 Å². The Bertz CT molecular complexity index is 419. The highest BCUT2D eigenvalue weighted by Gasteiger charge is 2.05. The Morgan fingerprint density at radius 1 is 1.32 bits per heavy atom. The first kappa shape index (κ1) is 14.7. The largest absolute Gasteiger partial charge is 0.481 e. The zero-order valence-corrected chi connectivity index (χ0v) is 10.9. The number of hydrogen-bond acceptors (Lipinski definition) is 5. The summed E-state index contributed by atoms with van der Waals surface area (Å²) in [4.78, 5) is 26.4. The van der Waals surface area contributed by atoms with Crippen LogP contribution >= 0.6 is 0 Å². The number of nitrogens with zero attached hydrogens (tertiary/aromatic N) is 1. The fourth-order valence-electron chi connectivity index (χ4n) is 1.25. The molecule has 0 aliphatic heterocycles.